The normalized spacial score (nSPS) is 20.2. The summed E-state index contributed by atoms with van der Waals surface area (Å²) in [6.45, 7) is 1.90. The van der Waals surface area contributed by atoms with E-state index in [1.54, 1.807) is 12.3 Å². The molecule has 1 aliphatic rings. The van der Waals surface area contributed by atoms with Gasteiger partial charge in [0.25, 0.3) is 5.91 Å². The van der Waals surface area contributed by atoms with Crippen LogP contribution >= 0.6 is 0 Å². The molecule has 0 radical (unpaired) electrons. The van der Waals surface area contributed by atoms with Crippen LogP contribution in [-0.2, 0) is 4.79 Å². The topological polar surface area (TPSA) is 79.3 Å². The minimum Gasteiger partial charge on any atom is -0.481 e. The van der Waals surface area contributed by atoms with Gasteiger partial charge in [0.1, 0.15) is 0 Å². The van der Waals surface area contributed by atoms with E-state index in [0.29, 0.717) is 18.4 Å². The van der Waals surface area contributed by atoms with E-state index in [1.165, 1.54) is 0 Å². The number of hydrogen-bond acceptors (Lipinski definition) is 3. The Balaban J connectivity index is 1.85. The third-order valence-corrected chi connectivity index (χ3v) is 5.17. The van der Waals surface area contributed by atoms with E-state index >= 15 is 0 Å². The van der Waals surface area contributed by atoms with Gasteiger partial charge >= 0.3 is 5.97 Å². The van der Waals surface area contributed by atoms with Gasteiger partial charge in [-0.05, 0) is 43.5 Å². The number of nitrogens with zero attached hydrogens (tertiary/aromatic N) is 1. The number of carboxylic acid groups (broad SMARTS) is 1. The summed E-state index contributed by atoms with van der Waals surface area (Å²) in [5.74, 6) is -1.55. The van der Waals surface area contributed by atoms with Gasteiger partial charge in [-0.25, -0.2) is 0 Å². The first kappa shape index (κ1) is 18.1. The Labute approximate surface area is 153 Å². The number of hydrogen-bond donors (Lipinski definition) is 2. The lowest BCUT2D eigenvalue weighted by molar-refractivity contribution is -0.142. The van der Waals surface area contributed by atoms with Crippen LogP contribution in [0.15, 0.2) is 42.6 Å². The molecule has 0 bridgehead atoms. The lowest BCUT2D eigenvalue weighted by Crippen LogP contribution is -2.43. The number of nitrogens with one attached hydrogen (secondary N) is 1. The van der Waals surface area contributed by atoms with E-state index in [2.05, 4.69) is 10.3 Å². The van der Waals surface area contributed by atoms with Gasteiger partial charge < -0.3 is 10.4 Å². The molecule has 5 nitrogen and oxygen atoms in total. The first-order chi connectivity index (χ1) is 12.6. The SMILES string of the molecule is Cc1c(C(=O)N[C@H]2CCCCC[C@H]2C(=O)O)cccc1-c1ccccn1. The zero-order valence-corrected chi connectivity index (χ0v) is 14.9. The van der Waals surface area contributed by atoms with E-state index in [4.69, 9.17) is 0 Å². The third-order valence-electron chi connectivity index (χ3n) is 5.17. The predicted octanol–water partition coefficient (Wildman–Crippen LogP) is 3.82. The van der Waals surface area contributed by atoms with Crippen molar-refractivity contribution in [3.63, 3.8) is 0 Å². The molecule has 1 saturated carbocycles. The number of benzene rings is 1. The molecule has 1 aliphatic carbocycles. The van der Waals surface area contributed by atoms with Gasteiger partial charge in [0.05, 0.1) is 11.6 Å². The summed E-state index contributed by atoms with van der Waals surface area (Å²) < 4.78 is 0. The molecule has 1 heterocycles. The molecule has 2 atom stereocenters. The molecular weight excluding hydrogens is 328 g/mol. The lowest BCUT2D eigenvalue weighted by atomic mass is 9.93. The van der Waals surface area contributed by atoms with Crippen LogP contribution in [0.25, 0.3) is 11.3 Å². The van der Waals surface area contributed by atoms with Gasteiger partial charge in [-0.2, -0.15) is 0 Å². The van der Waals surface area contributed by atoms with Crippen LogP contribution in [-0.4, -0.2) is 28.0 Å². The van der Waals surface area contributed by atoms with E-state index < -0.39 is 11.9 Å². The molecular formula is C21H24N2O3. The minimum absolute atomic E-state index is 0.210. The number of carbonyl (C=O) groups excluding carboxylic acids is 1. The second-order valence-corrected chi connectivity index (χ2v) is 6.86. The predicted molar refractivity (Wildman–Crippen MR) is 99.9 cm³/mol. The van der Waals surface area contributed by atoms with Crippen molar-refractivity contribution < 1.29 is 14.7 Å². The molecule has 26 heavy (non-hydrogen) atoms. The maximum Gasteiger partial charge on any atom is 0.308 e. The van der Waals surface area contributed by atoms with Crippen molar-refractivity contribution in [2.75, 3.05) is 0 Å². The second kappa shape index (κ2) is 8.13. The number of rotatable bonds is 4. The Morgan fingerprint density at radius 1 is 1.08 bits per heavy atom. The maximum atomic E-state index is 12.9. The highest BCUT2D eigenvalue weighted by Crippen LogP contribution is 2.26. The smallest absolute Gasteiger partial charge is 0.308 e. The van der Waals surface area contributed by atoms with Gasteiger partial charge in [-0.1, -0.05) is 37.5 Å². The standard InChI is InChI=1S/C21H24N2O3/c1-14-15(18-11-5-6-13-22-18)9-7-10-16(14)20(24)23-19-12-4-2-3-8-17(19)21(25)26/h5-7,9-11,13,17,19H,2-4,8,12H2,1H3,(H,23,24)(H,25,26)/t17-,19+/m1/s1. The summed E-state index contributed by atoms with van der Waals surface area (Å²) in [4.78, 5) is 28.8. The highest BCUT2D eigenvalue weighted by molar-refractivity contribution is 5.97. The number of carboxylic acids is 1. The molecule has 1 fully saturated rings. The largest absolute Gasteiger partial charge is 0.481 e. The zero-order valence-electron chi connectivity index (χ0n) is 14.9. The van der Waals surface area contributed by atoms with Crippen molar-refractivity contribution in [2.24, 2.45) is 5.92 Å². The molecule has 1 aromatic heterocycles. The van der Waals surface area contributed by atoms with Gasteiger partial charge in [0, 0.05) is 23.4 Å². The Kier molecular flexibility index (Phi) is 5.66. The number of aliphatic carboxylic acids is 1. The molecule has 2 N–H and O–H groups in total. The number of carbonyl (C=O) groups is 2. The molecule has 2 aromatic rings. The Hall–Kier alpha value is -2.69. The highest BCUT2D eigenvalue weighted by Gasteiger charge is 2.31. The summed E-state index contributed by atoms with van der Waals surface area (Å²) in [7, 11) is 0. The Morgan fingerprint density at radius 2 is 1.88 bits per heavy atom. The molecule has 0 spiro atoms. The Morgan fingerprint density at radius 3 is 2.62 bits per heavy atom. The van der Waals surface area contributed by atoms with Gasteiger partial charge in [-0.15, -0.1) is 0 Å². The maximum absolute atomic E-state index is 12.9. The highest BCUT2D eigenvalue weighted by atomic mass is 16.4. The summed E-state index contributed by atoms with van der Waals surface area (Å²) in [6, 6.07) is 10.9. The van der Waals surface area contributed by atoms with E-state index in [-0.39, 0.29) is 11.9 Å². The van der Waals surface area contributed by atoms with Crippen molar-refractivity contribution in [3.8, 4) is 11.3 Å². The van der Waals surface area contributed by atoms with Gasteiger partial charge in [-0.3, -0.25) is 14.6 Å². The van der Waals surface area contributed by atoms with Crippen LogP contribution in [0.2, 0.25) is 0 Å². The zero-order chi connectivity index (χ0) is 18.5. The molecule has 3 rings (SSSR count). The van der Waals surface area contributed by atoms with Crippen LogP contribution in [0.5, 0.6) is 0 Å². The number of amides is 1. The monoisotopic (exact) mass is 352 g/mol. The van der Waals surface area contributed by atoms with Crippen molar-refractivity contribution >= 4 is 11.9 Å². The van der Waals surface area contributed by atoms with Gasteiger partial charge in [0.2, 0.25) is 0 Å². The fourth-order valence-electron chi connectivity index (χ4n) is 3.70. The number of pyridine rings is 1. The first-order valence-corrected chi connectivity index (χ1v) is 9.12. The fourth-order valence-corrected chi connectivity index (χ4v) is 3.70. The molecule has 0 unspecified atom stereocenters. The van der Waals surface area contributed by atoms with E-state index in [9.17, 15) is 14.7 Å². The average molecular weight is 352 g/mol. The summed E-state index contributed by atoms with van der Waals surface area (Å²) in [5.41, 5.74) is 3.15. The van der Waals surface area contributed by atoms with Crippen molar-refractivity contribution in [1.29, 1.82) is 0 Å². The van der Waals surface area contributed by atoms with Crippen molar-refractivity contribution in [3.05, 3.63) is 53.7 Å². The molecule has 136 valence electrons. The average Bonchev–Trinajstić information content (AvgIpc) is 2.88. The molecule has 0 saturated heterocycles. The molecule has 5 heteroatoms. The Bertz CT molecular complexity index is 789. The third kappa shape index (κ3) is 3.93. The number of aromatic nitrogens is 1. The molecule has 1 aromatic carbocycles. The van der Waals surface area contributed by atoms with Crippen LogP contribution in [0, 0.1) is 12.8 Å². The minimum atomic E-state index is -0.823. The first-order valence-electron chi connectivity index (χ1n) is 9.12. The van der Waals surface area contributed by atoms with E-state index in [1.807, 2.05) is 37.3 Å². The summed E-state index contributed by atoms with van der Waals surface area (Å²) in [6.07, 6.45) is 5.92. The van der Waals surface area contributed by atoms with Crippen LogP contribution in [0.3, 0.4) is 0 Å². The van der Waals surface area contributed by atoms with Crippen molar-refractivity contribution in [2.45, 2.75) is 45.1 Å². The van der Waals surface area contributed by atoms with Gasteiger partial charge in [0.15, 0.2) is 0 Å². The van der Waals surface area contributed by atoms with Crippen LogP contribution in [0.4, 0.5) is 0 Å². The second-order valence-electron chi connectivity index (χ2n) is 6.86. The summed E-state index contributed by atoms with van der Waals surface area (Å²) in [5, 5.41) is 12.5. The fraction of sp³-hybridized carbons (Fsp3) is 0.381. The molecule has 1 amide bonds. The summed E-state index contributed by atoms with van der Waals surface area (Å²) >= 11 is 0. The van der Waals surface area contributed by atoms with Crippen LogP contribution < -0.4 is 5.32 Å². The van der Waals surface area contributed by atoms with Crippen LogP contribution in [0.1, 0.15) is 48.0 Å². The lowest BCUT2D eigenvalue weighted by Gasteiger charge is -2.23. The molecule has 0 aliphatic heterocycles. The van der Waals surface area contributed by atoms with E-state index in [0.717, 1.165) is 36.1 Å². The van der Waals surface area contributed by atoms with Crippen molar-refractivity contribution in [1.82, 2.24) is 10.3 Å². The quantitative estimate of drug-likeness (QED) is 0.820.